The van der Waals surface area contributed by atoms with E-state index >= 15 is 0 Å². The van der Waals surface area contributed by atoms with Crippen molar-refractivity contribution < 1.29 is 19.1 Å². The zero-order valence-corrected chi connectivity index (χ0v) is 12.2. The van der Waals surface area contributed by atoms with Crippen molar-refractivity contribution in [1.82, 2.24) is 9.80 Å². The van der Waals surface area contributed by atoms with Crippen molar-refractivity contribution in [1.29, 1.82) is 0 Å². The molecule has 0 bridgehead atoms. The first kappa shape index (κ1) is 15.1. The van der Waals surface area contributed by atoms with Gasteiger partial charge < -0.3 is 24.6 Å². The SMILES string of the molecule is CN(C)C(=O)Nc1cccc(OC(=O)N2CCOCC2)c1. The van der Waals surface area contributed by atoms with Gasteiger partial charge in [0.2, 0.25) is 0 Å². The summed E-state index contributed by atoms with van der Waals surface area (Å²) < 4.78 is 10.5. The molecule has 0 spiro atoms. The predicted octanol–water partition coefficient (Wildman–Crippen LogP) is 1.61. The summed E-state index contributed by atoms with van der Waals surface area (Å²) in [6.45, 7) is 2.09. The van der Waals surface area contributed by atoms with Gasteiger partial charge in [0.25, 0.3) is 0 Å². The molecular formula is C14H19N3O4. The summed E-state index contributed by atoms with van der Waals surface area (Å²) in [5.41, 5.74) is 0.570. The Balaban J connectivity index is 1.97. The third kappa shape index (κ3) is 4.35. The Hall–Kier alpha value is -2.28. The van der Waals surface area contributed by atoms with Gasteiger partial charge in [-0.3, -0.25) is 0 Å². The predicted molar refractivity (Wildman–Crippen MR) is 77.6 cm³/mol. The first-order valence-corrected chi connectivity index (χ1v) is 6.69. The molecule has 1 aliphatic heterocycles. The second kappa shape index (κ2) is 6.94. The van der Waals surface area contributed by atoms with Gasteiger partial charge in [-0.25, -0.2) is 9.59 Å². The van der Waals surface area contributed by atoms with Crippen LogP contribution in [0.25, 0.3) is 0 Å². The number of amides is 3. The maximum absolute atomic E-state index is 12.0. The maximum Gasteiger partial charge on any atom is 0.415 e. The van der Waals surface area contributed by atoms with E-state index in [1.165, 1.54) is 4.90 Å². The number of hydrogen-bond donors (Lipinski definition) is 1. The minimum Gasteiger partial charge on any atom is -0.410 e. The fraction of sp³-hybridized carbons (Fsp3) is 0.429. The molecule has 1 aromatic rings. The molecule has 3 amide bonds. The number of benzene rings is 1. The second-order valence-electron chi connectivity index (χ2n) is 4.82. The number of morpholine rings is 1. The van der Waals surface area contributed by atoms with E-state index in [1.807, 2.05) is 0 Å². The van der Waals surface area contributed by atoms with Crippen LogP contribution >= 0.6 is 0 Å². The Kier molecular flexibility index (Phi) is 4.99. The summed E-state index contributed by atoms with van der Waals surface area (Å²) in [6.07, 6.45) is -0.408. The lowest BCUT2D eigenvalue weighted by Crippen LogP contribution is -2.42. The second-order valence-corrected chi connectivity index (χ2v) is 4.82. The van der Waals surface area contributed by atoms with Crippen LogP contribution in [-0.2, 0) is 4.74 Å². The molecule has 0 unspecified atom stereocenters. The molecule has 2 rings (SSSR count). The standard InChI is InChI=1S/C14H19N3O4/c1-16(2)13(18)15-11-4-3-5-12(10-11)21-14(19)17-6-8-20-9-7-17/h3-5,10H,6-9H2,1-2H3,(H,15,18). The Morgan fingerprint density at radius 2 is 2.00 bits per heavy atom. The van der Waals surface area contributed by atoms with E-state index in [2.05, 4.69) is 5.32 Å². The van der Waals surface area contributed by atoms with E-state index in [9.17, 15) is 9.59 Å². The van der Waals surface area contributed by atoms with Crippen molar-refractivity contribution in [2.75, 3.05) is 45.7 Å². The van der Waals surface area contributed by atoms with Crippen molar-refractivity contribution in [2.45, 2.75) is 0 Å². The van der Waals surface area contributed by atoms with Gasteiger partial charge in [0.15, 0.2) is 0 Å². The van der Waals surface area contributed by atoms with Crippen LogP contribution in [0, 0.1) is 0 Å². The highest BCUT2D eigenvalue weighted by molar-refractivity contribution is 5.89. The number of anilines is 1. The van der Waals surface area contributed by atoms with Crippen LogP contribution in [0.1, 0.15) is 0 Å². The molecule has 0 atom stereocenters. The average Bonchev–Trinajstić information content (AvgIpc) is 2.48. The van der Waals surface area contributed by atoms with Crippen molar-refractivity contribution in [3.8, 4) is 5.75 Å². The monoisotopic (exact) mass is 293 g/mol. The number of nitrogens with zero attached hydrogens (tertiary/aromatic N) is 2. The molecule has 1 saturated heterocycles. The summed E-state index contributed by atoms with van der Waals surface area (Å²) in [4.78, 5) is 26.6. The highest BCUT2D eigenvalue weighted by Gasteiger charge is 2.18. The summed E-state index contributed by atoms with van der Waals surface area (Å²) in [5, 5.41) is 2.70. The molecule has 1 aliphatic rings. The molecule has 1 fully saturated rings. The quantitative estimate of drug-likeness (QED) is 0.899. The molecular weight excluding hydrogens is 274 g/mol. The molecule has 114 valence electrons. The average molecular weight is 293 g/mol. The number of urea groups is 1. The molecule has 1 heterocycles. The van der Waals surface area contributed by atoms with Gasteiger partial charge in [-0.2, -0.15) is 0 Å². The molecule has 0 saturated carbocycles. The molecule has 7 nitrogen and oxygen atoms in total. The molecule has 0 radical (unpaired) electrons. The van der Waals surface area contributed by atoms with Crippen molar-refractivity contribution in [2.24, 2.45) is 0 Å². The fourth-order valence-electron chi connectivity index (χ4n) is 1.78. The van der Waals surface area contributed by atoms with E-state index in [4.69, 9.17) is 9.47 Å². The van der Waals surface area contributed by atoms with Crippen LogP contribution in [0.5, 0.6) is 5.75 Å². The lowest BCUT2D eigenvalue weighted by molar-refractivity contribution is 0.0416. The van der Waals surface area contributed by atoms with Crippen LogP contribution in [0.3, 0.4) is 0 Å². The number of ether oxygens (including phenoxy) is 2. The first-order valence-electron chi connectivity index (χ1n) is 6.69. The minimum absolute atomic E-state index is 0.244. The normalized spacial score (nSPS) is 14.5. The molecule has 0 aliphatic carbocycles. The minimum atomic E-state index is -0.408. The van der Waals surface area contributed by atoms with Crippen LogP contribution in [0.4, 0.5) is 15.3 Å². The van der Waals surface area contributed by atoms with Crippen molar-refractivity contribution in [3.05, 3.63) is 24.3 Å². The molecule has 1 aromatic carbocycles. The zero-order chi connectivity index (χ0) is 15.2. The van der Waals surface area contributed by atoms with Crippen LogP contribution in [0.2, 0.25) is 0 Å². The summed E-state index contributed by atoms with van der Waals surface area (Å²) in [7, 11) is 3.30. The lowest BCUT2D eigenvalue weighted by atomic mass is 10.3. The van der Waals surface area contributed by atoms with Crippen molar-refractivity contribution in [3.63, 3.8) is 0 Å². The van der Waals surface area contributed by atoms with Gasteiger partial charge in [-0.05, 0) is 12.1 Å². The summed E-state index contributed by atoms with van der Waals surface area (Å²) in [6, 6.07) is 6.48. The molecule has 21 heavy (non-hydrogen) atoms. The van der Waals surface area contributed by atoms with Gasteiger partial charge >= 0.3 is 12.1 Å². The third-order valence-electron chi connectivity index (χ3n) is 2.97. The summed E-state index contributed by atoms with van der Waals surface area (Å²) >= 11 is 0. The Morgan fingerprint density at radius 3 is 2.67 bits per heavy atom. The smallest absolute Gasteiger partial charge is 0.410 e. The third-order valence-corrected chi connectivity index (χ3v) is 2.97. The number of rotatable bonds is 2. The summed E-state index contributed by atoms with van der Waals surface area (Å²) in [5.74, 6) is 0.392. The van der Waals surface area contributed by atoms with Gasteiger partial charge in [-0.1, -0.05) is 6.07 Å². The van der Waals surface area contributed by atoms with Crippen LogP contribution in [-0.4, -0.2) is 62.3 Å². The van der Waals surface area contributed by atoms with Crippen LogP contribution < -0.4 is 10.1 Å². The van der Waals surface area contributed by atoms with E-state index in [0.717, 1.165) is 0 Å². The number of nitrogens with one attached hydrogen (secondary N) is 1. The Morgan fingerprint density at radius 1 is 1.29 bits per heavy atom. The highest BCUT2D eigenvalue weighted by Crippen LogP contribution is 2.18. The van der Waals surface area contributed by atoms with E-state index in [0.29, 0.717) is 37.7 Å². The number of carbonyl (C=O) groups excluding carboxylic acids is 2. The molecule has 0 aromatic heterocycles. The Bertz CT molecular complexity index is 513. The van der Waals surface area contributed by atoms with Gasteiger partial charge in [-0.15, -0.1) is 0 Å². The molecule has 1 N–H and O–H groups in total. The topological polar surface area (TPSA) is 71.1 Å². The fourth-order valence-corrected chi connectivity index (χ4v) is 1.78. The van der Waals surface area contributed by atoms with E-state index < -0.39 is 6.09 Å². The van der Waals surface area contributed by atoms with Gasteiger partial charge in [0, 0.05) is 38.9 Å². The first-order chi connectivity index (χ1) is 10.1. The van der Waals surface area contributed by atoms with E-state index in [1.54, 1.807) is 43.3 Å². The van der Waals surface area contributed by atoms with Gasteiger partial charge in [0.05, 0.1) is 13.2 Å². The largest absolute Gasteiger partial charge is 0.415 e. The Labute approximate surface area is 123 Å². The van der Waals surface area contributed by atoms with Gasteiger partial charge in [0.1, 0.15) is 5.75 Å². The van der Waals surface area contributed by atoms with Crippen LogP contribution in [0.15, 0.2) is 24.3 Å². The molecule has 7 heteroatoms. The number of carbonyl (C=O) groups is 2. The van der Waals surface area contributed by atoms with E-state index in [-0.39, 0.29) is 6.03 Å². The highest BCUT2D eigenvalue weighted by atomic mass is 16.6. The van der Waals surface area contributed by atoms with Crippen molar-refractivity contribution >= 4 is 17.8 Å². The lowest BCUT2D eigenvalue weighted by Gasteiger charge is -2.25. The zero-order valence-electron chi connectivity index (χ0n) is 12.2. The number of hydrogen-bond acceptors (Lipinski definition) is 4. The maximum atomic E-state index is 12.0.